The molecule has 0 aromatic carbocycles. The maximum atomic E-state index is 12.0. The second-order valence-electron chi connectivity index (χ2n) is 5.94. The van der Waals surface area contributed by atoms with Crippen LogP contribution in [-0.4, -0.2) is 46.1 Å². The van der Waals surface area contributed by atoms with Crippen LogP contribution in [0.25, 0.3) is 0 Å². The SMILES string of the molecule is Cc1nccc(NC(=O)NCC2CCCCN2C2CC2)n1. The Hall–Kier alpha value is -1.69. The molecule has 1 aromatic heterocycles. The van der Waals surface area contributed by atoms with E-state index in [0.717, 1.165) is 6.04 Å². The van der Waals surface area contributed by atoms with Crippen molar-refractivity contribution in [3.8, 4) is 0 Å². The first-order valence-corrected chi connectivity index (χ1v) is 7.82. The summed E-state index contributed by atoms with van der Waals surface area (Å²) in [7, 11) is 0. The lowest BCUT2D eigenvalue weighted by Gasteiger charge is -2.35. The van der Waals surface area contributed by atoms with Crippen molar-refractivity contribution in [2.45, 2.75) is 51.1 Å². The van der Waals surface area contributed by atoms with Crippen molar-refractivity contribution >= 4 is 11.8 Å². The molecule has 0 spiro atoms. The fourth-order valence-corrected chi connectivity index (χ4v) is 3.03. The first kappa shape index (κ1) is 14.3. The van der Waals surface area contributed by atoms with E-state index in [2.05, 4.69) is 25.5 Å². The van der Waals surface area contributed by atoms with Gasteiger partial charge in [-0.3, -0.25) is 10.2 Å². The number of hydrogen-bond acceptors (Lipinski definition) is 4. The highest BCUT2D eigenvalue weighted by Crippen LogP contribution is 2.32. The average molecular weight is 289 g/mol. The minimum absolute atomic E-state index is 0.186. The quantitative estimate of drug-likeness (QED) is 0.888. The van der Waals surface area contributed by atoms with Gasteiger partial charge in [-0.05, 0) is 45.2 Å². The number of urea groups is 1. The van der Waals surface area contributed by atoms with Gasteiger partial charge in [0.05, 0.1) is 0 Å². The van der Waals surface area contributed by atoms with Crippen LogP contribution in [0, 0.1) is 6.92 Å². The van der Waals surface area contributed by atoms with Gasteiger partial charge >= 0.3 is 6.03 Å². The van der Waals surface area contributed by atoms with Crippen LogP contribution in [0.5, 0.6) is 0 Å². The molecule has 2 aliphatic rings. The number of rotatable bonds is 4. The standard InChI is InChI=1S/C15H23N5O/c1-11-16-8-7-14(18-11)19-15(21)17-10-13-4-2-3-9-20(13)12-5-6-12/h7-8,12-13H,2-6,9-10H2,1H3,(H2,16,17,18,19,21). The Morgan fingerprint density at radius 1 is 1.38 bits per heavy atom. The van der Waals surface area contributed by atoms with Gasteiger partial charge in [0, 0.05) is 24.8 Å². The lowest BCUT2D eigenvalue weighted by Crippen LogP contribution is -2.48. The van der Waals surface area contributed by atoms with Crippen molar-refractivity contribution in [1.29, 1.82) is 0 Å². The zero-order chi connectivity index (χ0) is 14.7. The van der Waals surface area contributed by atoms with Crippen LogP contribution < -0.4 is 10.6 Å². The first-order chi connectivity index (χ1) is 10.2. The molecule has 114 valence electrons. The number of piperidine rings is 1. The number of nitrogens with one attached hydrogen (secondary N) is 2. The monoisotopic (exact) mass is 289 g/mol. The summed E-state index contributed by atoms with van der Waals surface area (Å²) in [6.45, 7) is 3.70. The van der Waals surface area contributed by atoms with E-state index in [1.165, 1.54) is 38.6 Å². The highest BCUT2D eigenvalue weighted by molar-refractivity contribution is 5.88. The number of carbonyl (C=O) groups excluding carboxylic acids is 1. The zero-order valence-corrected chi connectivity index (χ0v) is 12.5. The Morgan fingerprint density at radius 2 is 2.24 bits per heavy atom. The van der Waals surface area contributed by atoms with E-state index in [1.807, 2.05) is 0 Å². The maximum Gasteiger partial charge on any atom is 0.320 e. The number of anilines is 1. The molecule has 3 rings (SSSR count). The van der Waals surface area contributed by atoms with E-state index in [0.29, 0.717) is 24.2 Å². The number of amides is 2. The van der Waals surface area contributed by atoms with E-state index in [9.17, 15) is 4.79 Å². The molecule has 21 heavy (non-hydrogen) atoms. The zero-order valence-electron chi connectivity index (χ0n) is 12.5. The summed E-state index contributed by atoms with van der Waals surface area (Å²) in [4.78, 5) is 22.7. The van der Waals surface area contributed by atoms with Crippen LogP contribution in [0.2, 0.25) is 0 Å². The summed E-state index contributed by atoms with van der Waals surface area (Å²) >= 11 is 0. The van der Waals surface area contributed by atoms with Crippen LogP contribution in [0.15, 0.2) is 12.3 Å². The Labute approximate surface area is 125 Å². The van der Waals surface area contributed by atoms with E-state index in [-0.39, 0.29) is 6.03 Å². The topological polar surface area (TPSA) is 70.2 Å². The number of aryl methyl sites for hydroxylation is 1. The van der Waals surface area contributed by atoms with Crippen molar-refractivity contribution < 1.29 is 4.79 Å². The normalized spacial score (nSPS) is 22.8. The maximum absolute atomic E-state index is 12.0. The molecular weight excluding hydrogens is 266 g/mol. The predicted molar refractivity (Wildman–Crippen MR) is 81.2 cm³/mol. The number of aromatic nitrogens is 2. The van der Waals surface area contributed by atoms with E-state index >= 15 is 0 Å². The van der Waals surface area contributed by atoms with Gasteiger partial charge in [-0.25, -0.2) is 14.8 Å². The number of nitrogens with zero attached hydrogens (tertiary/aromatic N) is 3. The minimum Gasteiger partial charge on any atom is -0.336 e. The molecule has 1 saturated heterocycles. The van der Waals surface area contributed by atoms with Gasteiger partial charge in [0.2, 0.25) is 0 Å². The molecule has 1 atom stereocenters. The molecule has 1 aliphatic carbocycles. The summed E-state index contributed by atoms with van der Waals surface area (Å²) in [5, 5.41) is 5.74. The first-order valence-electron chi connectivity index (χ1n) is 7.82. The fraction of sp³-hybridized carbons (Fsp3) is 0.667. The van der Waals surface area contributed by atoms with Crippen molar-refractivity contribution in [2.75, 3.05) is 18.4 Å². The van der Waals surface area contributed by atoms with E-state index in [1.54, 1.807) is 19.2 Å². The average Bonchev–Trinajstić information content (AvgIpc) is 3.30. The molecule has 2 amide bonds. The summed E-state index contributed by atoms with van der Waals surface area (Å²) in [6.07, 6.45) is 8.03. The minimum atomic E-state index is -0.186. The molecule has 2 fully saturated rings. The molecule has 2 heterocycles. The van der Waals surface area contributed by atoms with Gasteiger partial charge in [-0.1, -0.05) is 6.42 Å². The van der Waals surface area contributed by atoms with Crippen molar-refractivity contribution in [3.05, 3.63) is 18.1 Å². The van der Waals surface area contributed by atoms with Crippen LogP contribution in [0.1, 0.15) is 37.9 Å². The van der Waals surface area contributed by atoms with Gasteiger partial charge in [-0.2, -0.15) is 0 Å². The largest absolute Gasteiger partial charge is 0.336 e. The summed E-state index contributed by atoms with van der Waals surface area (Å²) in [6, 6.07) is 2.77. The molecule has 6 heteroatoms. The van der Waals surface area contributed by atoms with E-state index < -0.39 is 0 Å². The van der Waals surface area contributed by atoms with Crippen molar-refractivity contribution in [2.24, 2.45) is 0 Å². The van der Waals surface area contributed by atoms with E-state index in [4.69, 9.17) is 0 Å². The van der Waals surface area contributed by atoms with Crippen LogP contribution in [-0.2, 0) is 0 Å². The third-order valence-corrected chi connectivity index (χ3v) is 4.20. The lowest BCUT2D eigenvalue weighted by atomic mass is 10.0. The van der Waals surface area contributed by atoms with Gasteiger partial charge in [0.1, 0.15) is 11.6 Å². The summed E-state index contributed by atoms with van der Waals surface area (Å²) in [5.74, 6) is 1.20. The Morgan fingerprint density at radius 3 is 3.00 bits per heavy atom. The Bertz CT molecular complexity index is 503. The van der Waals surface area contributed by atoms with Gasteiger partial charge in [0.15, 0.2) is 0 Å². The third-order valence-electron chi connectivity index (χ3n) is 4.20. The Kier molecular flexibility index (Phi) is 4.34. The molecule has 1 unspecified atom stereocenters. The second-order valence-corrected chi connectivity index (χ2v) is 5.94. The molecule has 0 radical (unpaired) electrons. The fourth-order valence-electron chi connectivity index (χ4n) is 3.03. The number of likely N-dealkylation sites (tertiary alicyclic amines) is 1. The third kappa shape index (κ3) is 3.91. The highest BCUT2D eigenvalue weighted by Gasteiger charge is 2.35. The molecule has 2 N–H and O–H groups in total. The molecule has 1 aromatic rings. The predicted octanol–water partition coefficient (Wildman–Crippen LogP) is 1.92. The molecule has 6 nitrogen and oxygen atoms in total. The smallest absolute Gasteiger partial charge is 0.320 e. The van der Waals surface area contributed by atoms with Crippen molar-refractivity contribution in [3.63, 3.8) is 0 Å². The van der Waals surface area contributed by atoms with Crippen LogP contribution in [0.3, 0.4) is 0 Å². The Balaban J connectivity index is 1.48. The summed E-state index contributed by atoms with van der Waals surface area (Å²) in [5.41, 5.74) is 0. The lowest BCUT2D eigenvalue weighted by molar-refractivity contribution is 0.138. The van der Waals surface area contributed by atoms with Gasteiger partial charge in [-0.15, -0.1) is 0 Å². The number of carbonyl (C=O) groups is 1. The van der Waals surface area contributed by atoms with Crippen LogP contribution >= 0.6 is 0 Å². The highest BCUT2D eigenvalue weighted by atomic mass is 16.2. The molecule has 0 bridgehead atoms. The molecule has 1 aliphatic heterocycles. The number of hydrogen-bond donors (Lipinski definition) is 2. The van der Waals surface area contributed by atoms with Gasteiger partial charge < -0.3 is 5.32 Å². The van der Waals surface area contributed by atoms with Crippen LogP contribution in [0.4, 0.5) is 10.6 Å². The molecular formula is C15H23N5O. The van der Waals surface area contributed by atoms with Crippen molar-refractivity contribution in [1.82, 2.24) is 20.2 Å². The second kappa shape index (κ2) is 6.39. The molecule has 1 saturated carbocycles. The van der Waals surface area contributed by atoms with Gasteiger partial charge in [0.25, 0.3) is 0 Å². The summed E-state index contributed by atoms with van der Waals surface area (Å²) < 4.78 is 0.